The summed E-state index contributed by atoms with van der Waals surface area (Å²) in [5.41, 5.74) is -0.364. The van der Waals surface area contributed by atoms with E-state index in [1.165, 1.54) is 0 Å². The van der Waals surface area contributed by atoms with Crippen molar-refractivity contribution in [2.45, 2.75) is 43.6 Å². The monoisotopic (exact) mass is 397 g/mol. The van der Waals surface area contributed by atoms with Crippen LogP contribution in [0.25, 0.3) is 0 Å². The first-order valence-corrected chi connectivity index (χ1v) is 11.5. The third-order valence-electron chi connectivity index (χ3n) is 6.73. The number of rotatable bonds is 4. The Hall–Kier alpha value is -0.960. The maximum absolute atomic E-state index is 13.2. The van der Waals surface area contributed by atoms with Gasteiger partial charge < -0.3 is 14.5 Å². The molecule has 8 heteroatoms. The van der Waals surface area contributed by atoms with Gasteiger partial charge in [0.05, 0.1) is 17.6 Å². The molecule has 4 rings (SSSR count). The third-order valence-corrected chi connectivity index (χ3v) is 9.12. The SMILES string of the molecule is CN(C)CCN1CC2C3CN(C(=O)C4(C)CC=CCC4)CC(O3)C2S1(=O)=O. The van der Waals surface area contributed by atoms with E-state index in [4.69, 9.17) is 4.74 Å². The number of ether oxygens (including phenoxy) is 1. The molecular formula is C19H31N3O4S. The summed E-state index contributed by atoms with van der Waals surface area (Å²) in [6.45, 7) is 4.71. The topological polar surface area (TPSA) is 70.2 Å². The lowest BCUT2D eigenvalue weighted by molar-refractivity contribution is -0.151. The van der Waals surface area contributed by atoms with Crippen LogP contribution < -0.4 is 0 Å². The number of likely N-dealkylation sites (tertiary alicyclic amines) is 1. The molecule has 0 radical (unpaired) electrons. The van der Waals surface area contributed by atoms with Crippen molar-refractivity contribution in [1.29, 1.82) is 0 Å². The lowest BCUT2D eigenvalue weighted by Crippen LogP contribution is -2.53. The first-order valence-electron chi connectivity index (χ1n) is 9.96. The van der Waals surface area contributed by atoms with Crippen LogP contribution >= 0.6 is 0 Å². The molecule has 0 spiro atoms. The Bertz CT molecular complexity index is 737. The van der Waals surface area contributed by atoms with E-state index in [9.17, 15) is 13.2 Å². The lowest BCUT2D eigenvalue weighted by Gasteiger charge is -2.40. The minimum Gasteiger partial charge on any atom is -0.369 e. The van der Waals surface area contributed by atoms with Crippen molar-refractivity contribution in [3.8, 4) is 0 Å². The fourth-order valence-electron chi connectivity index (χ4n) is 5.11. The average molecular weight is 398 g/mol. The molecule has 3 fully saturated rings. The molecule has 0 aromatic rings. The van der Waals surface area contributed by atoms with E-state index < -0.39 is 21.4 Å². The van der Waals surface area contributed by atoms with Gasteiger partial charge in [0.2, 0.25) is 15.9 Å². The Morgan fingerprint density at radius 1 is 1.22 bits per heavy atom. The zero-order valence-corrected chi connectivity index (χ0v) is 17.3. The van der Waals surface area contributed by atoms with Crippen LogP contribution in [-0.2, 0) is 19.6 Å². The molecule has 1 aliphatic carbocycles. The number of carbonyl (C=O) groups excluding carboxylic acids is 1. The summed E-state index contributed by atoms with van der Waals surface area (Å²) in [5.74, 6) is 0.131. The first-order chi connectivity index (χ1) is 12.7. The molecule has 7 nitrogen and oxygen atoms in total. The molecule has 3 aliphatic heterocycles. The Kier molecular flexibility index (Phi) is 4.90. The summed E-state index contributed by atoms with van der Waals surface area (Å²) in [7, 11) is 0.529. The molecule has 152 valence electrons. The Balaban J connectivity index is 1.49. The summed E-state index contributed by atoms with van der Waals surface area (Å²) in [6.07, 6.45) is 6.23. The normalized spacial score (nSPS) is 40.5. The predicted molar refractivity (Wildman–Crippen MR) is 103 cm³/mol. The molecule has 2 bridgehead atoms. The molecule has 0 N–H and O–H groups in total. The number of hydrogen-bond acceptors (Lipinski definition) is 5. The van der Waals surface area contributed by atoms with Crippen LogP contribution in [-0.4, -0.2) is 92.7 Å². The maximum Gasteiger partial charge on any atom is 0.229 e. The fourth-order valence-corrected chi connectivity index (χ4v) is 7.40. The number of carbonyl (C=O) groups is 1. The van der Waals surface area contributed by atoms with Crippen molar-refractivity contribution in [1.82, 2.24) is 14.1 Å². The van der Waals surface area contributed by atoms with E-state index in [0.29, 0.717) is 32.7 Å². The van der Waals surface area contributed by atoms with E-state index in [0.717, 1.165) is 19.3 Å². The molecule has 0 aromatic carbocycles. The number of allylic oxidation sites excluding steroid dienone is 2. The quantitative estimate of drug-likeness (QED) is 0.648. The van der Waals surface area contributed by atoms with Crippen molar-refractivity contribution in [3.63, 3.8) is 0 Å². The first kappa shape index (κ1) is 19.4. The highest BCUT2D eigenvalue weighted by atomic mass is 32.2. The highest BCUT2D eigenvalue weighted by Gasteiger charge is 2.61. The van der Waals surface area contributed by atoms with Gasteiger partial charge in [-0.1, -0.05) is 19.1 Å². The van der Waals surface area contributed by atoms with Crippen LogP contribution in [0.3, 0.4) is 0 Å². The van der Waals surface area contributed by atoms with Crippen LogP contribution in [0.2, 0.25) is 0 Å². The second-order valence-corrected chi connectivity index (χ2v) is 11.1. The number of morpholine rings is 1. The maximum atomic E-state index is 13.2. The van der Waals surface area contributed by atoms with Crippen molar-refractivity contribution < 1.29 is 17.9 Å². The number of nitrogens with zero attached hydrogens (tertiary/aromatic N) is 3. The van der Waals surface area contributed by atoms with Crippen LogP contribution in [0.1, 0.15) is 26.2 Å². The standard InChI is InChI=1S/C19H31N3O4S/c1-19(7-5-4-6-8-19)18(23)21-12-15-14-11-22(10-9-20(2)3)27(24,25)17(14)16(13-21)26-15/h4-5,14-17H,6-13H2,1-3H3. The van der Waals surface area contributed by atoms with Crippen LogP contribution in [0.5, 0.6) is 0 Å². The van der Waals surface area contributed by atoms with Crippen molar-refractivity contribution in [2.75, 3.05) is 46.8 Å². The van der Waals surface area contributed by atoms with Gasteiger partial charge in [0.1, 0.15) is 5.25 Å². The molecular weight excluding hydrogens is 366 g/mol. The number of fused-ring (bicyclic) bond motifs is 5. The Morgan fingerprint density at radius 3 is 2.63 bits per heavy atom. The van der Waals surface area contributed by atoms with Gasteiger partial charge in [-0.15, -0.1) is 0 Å². The van der Waals surface area contributed by atoms with Crippen molar-refractivity contribution >= 4 is 15.9 Å². The van der Waals surface area contributed by atoms with E-state index in [2.05, 4.69) is 12.2 Å². The van der Waals surface area contributed by atoms with Gasteiger partial charge in [-0.05, 0) is 33.4 Å². The molecule has 4 aliphatic rings. The number of likely N-dealkylation sites (N-methyl/N-ethyl adjacent to an activating group) is 1. The van der Waals surface area contributed by atoms with E-state index in [1.807, 2.05) is 30.8 Å². The summed E-state index contributed by atoms with van der Waals surface area (Å²) < 4.78 is 33.9. The average Bonchev–Trinajstić information content (AvgIpc) is 3.04. The fraction of sp³-hybridized carbons (Fsp3) is 0.842. The van der Waals surface area contributed by atoms with Gasteiger partial charge in [-0.25, -0.2) is 8.42 Å². The van der Waals surface area contributed by atoms with E-state index >= 15 is 0 Å². The summed E-state index contributed by atoms with van der Waals surface area (Å²) in [5, 5.41) is -0.499. The van der Waals surface area contributed by atoms with Gasteiger partial charge in [0.25, 0.3) is 0 Å². The molecule has 5 atom stereocenters. The highest BCUT2D eigenvalue weighted by Crippen LogP contribution is 2.44. The number of hydrogen-bond donors (Lipinski definition) is 0. The van der Waals surface area contributed by atoms with Crippen LogP contribution in [0, 0.1) is 11.3 Å². The molecule has 0 saturated carbocycles. The van der Waals surface area contributed by atoms with Gasteiger partial charge in [-0.3, -0.25) is 4.79 Å². The molecule has 27 heavy (non-hydrogen) atoms. The Labute approximate surface area is 162 Å². The number of sulfonamides is 1. The second-order valence-electron chi connectivity index (χ2n) is 9.03. The van der Waals surface area contributed by atoms with Crippen LogP contribution in [0.15, 0.2) is 12.2 Å². The molecule has 5 unspecified atom stereocenters. The van der Waals surface area contributed by atoms with E-state index in [-0.39, 0.29) is 23.3 Å². The van der Waals surface area contributed by atoms with Crippen molar-refractivity contribution in [3.05, 3.63) is 12.2 Å². The van der Waals surface area contributed by atoms with Crippen molar-refractivity contribution in [2.24, 2.45) is 11.3 Å². The molecule has 3 saturated heterocycles. The summed E-state index contributed by atoms with van der Waals surface area (Å²) >= 11 is 0. The zero-order valence-electron chi connectivity index (χ0n) is 16.5. The molecule has 3 heterocycles. The molecule has 0 aromatic heterocycles. The number of amides is 1. The predicted octanol–water partition coefficient (Wildman–Crippen LogP) is 0.534. The minimum atomic E-state index is -3.37. The summed E-state index contributed by atoms with van der Waals surface area (Å²) in [4.78, 5) is 17.1. The molecule has 1 amide bonds. The zero-order chi connectivity index (χ0) is 19.4. The largest absolute Gasteiger partial charge is 0.369 e. The van der Waals surface area contributed by atoms with E-state index in [1.54, 1.807) is 4.31 Å². The van der Waals surface area contributed by atoms with Gasteiger partial charge in [-0.2, -0.15) is 4.31 Å². The summed E-state index contributed by atoms with van der Waals surface area (Å²) in [6, 6.07) is 0. The smallest absolute Gasteiger partial charge is 0.229 e. The van der Waals surface area contributed by atoms with Gasteiger partial charge in [0.15, 0.2) is 0 Å². The lowest BCUT2D eigenvalue weighted by atomic mass is 9.77. The van der Waals surface area contributed by atoms with Gasteiger partial charge >= 0.3 is 0 Å². The third kappa shape index (κ3) is 3.24. The second kappa shape index (κ2) is 6.83. The van der Waals surface area contributed by atoms with Crippen LogP contribution in [0.4, 0.5) is 0 Å². The minimum absolute atomic E-state index is 0.0287. The highest BCUT2D eigenvalue weighted by molar-refractivity contribution is 7.90. The van der Waals surface area contributed by atoms with Gasteiger partial charge in [0, 0.05) is 38.6 Å². The Morgan fingerprint density at radius 2 is 1.96 bits per heavy atom.